The monoisotopic (exact) mass is 220 g/mol. The van der Waals surface area contributed by atoms with Crippen LogP contribution in [0.3, 0.4) is 0 Å². The molecule has 0 bridgehead atoms. The van der Waals surface area contributed by atoms with Gasteiger partial charge in [-0.25, -0.2) is 0 Å². The Morgan fingerprint density at radius 2 is 2.06 bits per heavy atom. The molecule has 16 heavy (non-hydrogen) atoms. The molecule has 0 aliphatic carbocycles. The van der Waals surface area contributed by atoms with Crippen LogP contribution in [0.1, 0.15) is 31.2 Å². The predicted octanol–water partition coefficient (Wildman–Crippen LogP) is 2.33. The van der Waals surface area contributed by atoms with Gasteiger partial charge in [0.05, 0.1) is 5.69 Å². The van der Waals surface area contributed by atoms with Gasteiger partial charge < -0.3 is 5.11 Å². The van der Waals surface area contributed by atoms with Gasteiger partial charge in [0.25, 0.3) is 0 Å². The van der Waals surface area contributed by atoms with Gasteiger partial charge in [-0.15, -0.1) is 0 Å². The number of aromatic hydroxyl groups is 1. The molecule has 0 radical (unpaired) electrons. The first-order chi connectivity index (χ1) is 7.65. The van der Waals surface area contributed by atoms with Crippen molar-refractivity contribution < 1.29 is 5.11 Å². The standard InChI is InChI=1S/C13H20N2O/c1-10-5-7-15(8-6-10)9-12-13(16)4-3-11(2)14-12/h3-4,10,16H,5-9H2,1-2H3. The molecule has 0 unspecified atom stereocenters. The lowest BCUT2D eigenvalue weighted by Gasteiger charge is -2.29. The van der Waals surface area contributed by atoms with E-state index in [4.69, 9.17) is 0 Å². The molecular formula is C13H20N2O. The van der Waals surface area contributed by atoms with Gasteiger partial charge in [0.2, 0.25) is 0 Å². The maximum atomic E-state index is 9.73. The Morgan fingerprint density at radius 3 is 2.75 bits per heavy atom. The third kappa shape index (κ3) is 2.73. The number of rotatable bonds is 2. The molecule has 88 valence electrons. The smallest absolute Gasteiger partial charge is 0.138 e. The van der Waals surface area contributed by atoms with Gasteiger partial charge in [0.15, 0.2) is 0 Å². The van der Waals surface area contributed by atoms with Gasteiger partial charge in [-0.1, -0.05) is 6.92 Å². The first kappa shape index (κ1) is 11.4. The largest absolute Gasteiger partial charge is 0.506 e. The highest BCUT2D eigenvalue weighted by Gasteiger charge is 2.17. The van der Waals surface area contributed by atoms with Crippen molar-refractivity contribution >= 4 is 0 Å². The van der Waals surface area contributed by atoms with Gasteiger partial charge in [-0.05, 0) is 50.9 Å². The van der Waals surface area contributed by atoms with Crippen LogP contribution in [-0.4, -0.2) is 28.1 Å². The molecule has 1 saturated heterocycles. The second kappa shape index (κ2) is 4.83. The average molecular weight is 220 g/mol. The molecule has 1 aliphatic rings. The van der Waals surface area contributed by atoms with Crippen molar-refractivity contribution in [1.29, 1.82) is 0 Å². The van der Waals surface area contributed by atoms with Crippen LogP contribution in [0.25, 0.3) is 0 Å². The fourth-order valence-corrected chi connectivity index (χ4v) is 2.15. The number of likely N-dealkylation sites (tertiary alicyclic amines) is 1. The number of hydrogen-bond donors (Lipinski definition) is 1. The van der Waals surface area contributed by atoms with Crippen molar-refractivity contribution in [1.82, 2.24) is 9.88 Å². The maximum absolute atomic E-state index is 9.73. The summed E-state index contributed by atoms with van der Waals surface area (Å²) >= 11 is 0. The van der Waals surface area contributed by atoms with Crippen LogP contribution in [0, 0.1) is 12.8 Å². The van der Waals surface area contributed by atoms with Gasteiger partial charge in [0, 0.05) is 12.2 Å². The third-order valence-electron chi connectivity index (χ3n) is 3.34. The zero-order valence-electron chi connectivity index (χ0n) is 10.1. The van der Waals surface area contributed by atoms with Crippen LogP contribution in [0.4, 0.5) is 0 Å². The summed E-state index contributed by atoms with van der Waals surface area (Å²) in [6.07, 6.45) is 2.51. The molecule has 2 heterocycles. The number of piperidine rings is 1. The van der Waals surface area contributed by atoms with Gasteiger partial charge in [-0.3, -0.25) is 9.88 Å². The molecular weight excluding hydrogens is 200 g/mol. The number of aromatic nitrogens is 1. The fraction of sp³-hybridized carbons (Fsp3) is 0.615. The Bertz CT molecular complexity index is 357. The number of pyridine rings is 1. The van der Waals surface area contributed by atoms with Crippen molar-refractivity contribution in [2.75, 3.05) is 13.1 Å². The highest BCUT2D eigenvalue weighted by Crippen LogP contribution is 2.21. The summed E-state index contributed by atoms with van der Waals surface area (Å²) in [5.41, 5.74) is 1.78. The van der Waals surface area contributed by atoms with Gasteiger partial charge in [0.1, 0.15) is 5.75 Å². The second-order valence-electron chi connectivity index (χ2n) is 4.88. The van der Waals surface area contributed by atoms with E-state index in [9.17, 15) is 5.11 Å². The molecule has 1 aliphatic heterocycles. The molecule has 1 aromatic rings. The van der Waals surface area contributed by atoms with Crippen molar-refractivity contribution in [2.24, 2.45) is 5.92 Å². The van der Waals surface area contributed by atoms with E-state index < -0.39 is 0 Å². The van der Waals surface area contributed by atoms with Crippen LogP contribution in [0.15, 0.2) is 12.1 Å². The van der Waals surface area contributed by atoms with Crippen molar-refractivity contribution in [3.05, 3.63) is 23.5 Å². The summed E-state index contributed by atoms with van der Waals surface area (Å²) in [4.78, 5) is 6.77. The zero-order valence-corrected chi connectivity index (χ0v) is 10.1. The Morgan fingerprint density at radius 1 is 1.38 bits per heavy atom. The Labute approximate surface area is 97.1 Å². The Balaban J connectivity index is 2.00. The molecule has 0 spiro atoms. The molecule has 0 amide bonds. The lowest BCUT2D eigenvalue weighted by molar-refractivity contribution is 0.181. The lowest BCUT2D eigenvalue weighted by atomic mass is 9.99. The predicted molar refractivity (Wildman–Crippen MR) is 64.3 cm³/mol. The average Bonchev–Trinajstić information content (AvgIpc) is 2.27. The summed E-state index contributed by atoms with van der Waals surface area (Å²) in [6.45, 7) is 7.29. The fourth-order valence-electron chi connectivity index (χ4n) is 2.15. The normalized spacial score (nSPS) is 18.9. The van der Waals surface area contributed by atoms with Crippen LogP contribution < -0.4 is 0 Å². The maximum Gasteiger partial charge on any atom is 0.138 e. The third-order valence-corrected chi connectivity index (χ3v) is 3.34. The summed E-state index contributed by atoms with van der Waals surface area (Å²) in [7, 11) is 0. The first-order valence-electron chi connectivity index (χ1n) is 6.03. The van der Waals surface area contributed by atoms with E-state index in [-0.39, 0.29) is 0 Å². The second-order valence-corrected chi connectivity index (χ2v) is 4.88. The molecule has 1 aromatic heterocycles. The minimum atomic E-state index is 0.323. The Kier molecular flexibility index (Phi) is 3.44. The molecule has 0 aromatic carbocycles. The summed E-state index contributed by atoms with van der Waals surface area (Å²) in [5, 5.41) is 9.73. The summed E-state index contributed by atoms with van der Waals surface area (Å²) in [5.74, 6) is 1.17. The lowest BCUT2D eigenvalue weighted by Crippen LogP contribution is -2.32. The highest BCUT2D eigenvalue weighted by atomic mass is 16.3. The van der Waals surface area contributed by atoms with E-state index in [0.29, 0.717) is 5.75 Å². The quantitative estimate of drug-likeness (QED) is 0.831. The number of hydrogen-bond acceptors (Lipinski definition) is 3. The molecule has 0 saturated carbocycles. The first-order valence-corrected chi connectivity index (χ1v) is 6.03. The highest BCUT2D eigenvalue weighted by molar-refractivity contribution is 5.27. The molecule has 2 rings (SSSR count). The van der Waals surface area contributed by atoms with Gasteiger partial charge in [-0.2, -0.15) is 0 Å². The van der Waals surface area contributed by atoms with E-state index in [1.807, 2.05) is 13.0 Å². The topological polar surface area (TPSA) is 36.4 Å². The SMILES string of the molecule is Cc1ccc(O)c(CN2CCC(C)CC2)n1. The summed E-state index contributed by atoms with van der Waals surface area (Å²) in [6, 6.07) is 3.58. The number of aryl methyl sites for hydroxylation is 1. The van der Waals surface area contributed by atoms with E-state index in [1.54, 1.807) is 6.07 Å². The van der Waals surface area contributed by atoms with Crippen LogP contribution in [0.2, 0.25) is 0 Å². The minimum absolute atomic E-state index is 0.323. The van der Waals surface area contributed by atoms with Crippen molar-refractivity contribution in [3.8, 4) is 5.75 Å². The Hall–Kier alpha value is -1.09. The molecule has 3 heteroatoms. The molecule has 0 atom stereocenters. The van der Waals surface area contributed by atoms with Crippen LogP contribution in [0.5, 0.6) is 5.75 Å². The summed E-state index contributed by atoms with van der Waals surface area (Å²) < 4.78 is 0. The van der Waals surface area contributed by atoms with Crippen LogP contribution in [-0.2, 0) is 6.54 Å². The zero-order chi connectivity index (χ0) is 11.5. The van der Waals surface area contributed by atoms with E-state index in [2.05, 4.69) is 16.8 Å². The van der Waals surface area contributed by atoms with Gasteiger partial charge >= 0.3 is 0 Å². The van der Waals surface area contributed by atoms with E-state index >= 15 is 0 Å². The van der Waals surface area contributed by atoms with E-state index in [1.165, 1.54) is 12.8 Å². The number of nitrogens with zero attached hydrogens (tertiary/aromatic N) is 2. The molecule has 3 nitrogen and oxygen atoms in total. The van der Waals surface area contributed by atoms with Crippen LogP contribution >= 0.6 is 0 Å². The molecule has 1 fully saturated rings. The van der Waals surface area contributed by atoms with Crippen molar-refractivity contribution in [3.63, 3.8) is 0 Å². The van der Waals surface area contributed by atoms with Crippen molar-refractivity contribution in [2.45, 2.75) is 33.2 Å². The minimum Gasteiger partial charge on any atom is -0.506 e. The van der Waals surface area contributed by atoms with E-state index in [0.717, 1.165) is 36.9 Å². The molecule has 1 N–H and O–H groups in total.